The van der Waals surface area contributed by atoms with Gasteiger partial charge >= 0.3 is 0 Å². The highest BCUT2D eigenvalue weighted by atomic mass is 32.1. The Morgan fingerprint density at radius 1 is 1.14 bits per heavy atom. The smallest absolute Gasteiger partial charge is 0.273 e. The molecule has 2 heterocycles. The van der Waals surface area contributed by atoms with Gasteiger partial charge in [-0.05, 0) is 25.0 Å². The Kier molecular flexibility index (Phi) is 3.96. The summed E-state index contributed by atoms with van der Waals surface area (Å²) in [5, 5.41) is 4.87. The van der Waals surface area contributed by atoms with Crippen LogP contribution in [0.3, 0.4) is 0 Å². The Labute approximate surface area is 126 Å². The summed E-state index contributed by atoms with van der Waals surface area (Å²) in [6.07, 6.45) is 2.10. The number of rotatable bonds is 3. The maximum Gasteiger partial charge on any atom is 0.273 e. The first-order chi connectivity index (χ1) is 10.2. The molecule has 5 nitrogen and oxygen atoms in total. The second kappa shape index (κ2) is 6.05. The Morgan fingerprint density at radius 3 is 2.57 bits per heavy atom. The first kappa shape index (κ1) is 13.8. The highest BCUT2D eigenvalue weighted by Crippen LogP contribution is 2.19. The lowest BCUT2D eigenvalue weighted by Crippen LogP contribution is -2.27. The first-order valence-corrected chi connectivity index (χ1v) is 7.73. The maximum atomic E-state index is 12.2. The summed E-state index contributed by atoms with van der Waals surface area (Å²) in [6.45, 7) is 1.59. The lowest BCUT2D eigenvalue weighted by atomic mass is 10.2. The van der Waals surface area contributed by atoms with Crippen LogP contribution in [0.2, 0.25) is 0 Å². The number of anilines is 1. The predicted molar refractivity (Wildman–Crippen MR) is 81.6 cm³/mol. The van der Waals surface area contributed by atoms with Crippen LogP contribution in [0.1, 0.15) is 33.7 Å². The number of aromatic nitrogens is 1. The van der Waals surface area contributed by atoms with Crippen LogP contribution in [-0.4, -0.2) is 34.8 Å². The second-order valence-corrected chi connectivity index (χ2v) is 5.72. The minimum absolute atomic E-state index is 0.0519. The number of amides is 2. The Bertz CT molecular complexity index is 648. The fourth-order valence-corrected chi connectivity index (χ4v) is 2.95. The van der Waals surface area contributed by atoms with Crippen molar-refractivity contribution in [1.82, 2.24) is 9.88 Å². The van der Waals surface area contributed by atoms with E-state index >= 15 is 0 Å². The first-order valence-electron chi connectivity index (χ1n) is 6.85. The zero-order chi connectivity index (χ0) is 14.7. The Hall–Kier alpha value is -2.21. The summed E-state index contributed by atoms with van der Waals surface area (Å²) >= 11 is 1.27. The number of carbonyl (C=O) groups excluding carboxylic acids is 2. The minimum Gasteiger partial charge on any atom is -0.337 e. The van der Waals surface area contributed by atoms with E-state index in [0.29, 0.717) is 16.4 Å². The molecule has 0 bridgehead atoms. The van der Waals surface area contributed by atoms with E-state index < -0.39 is 0 Å². The van der Waals surface area contributed by atoms with E-state index in [9.17, 15) is 9.59 Å². The SMILES string of the molecule is O=C(Nc1nc(C(=O)N2CCCC2)cs1)c1ccccc1. The molecule has 0 spiro atoms. The second-order valence-electron chi connectivity index (χ2n) is 4.86. The number of nitrogens with zero attached hydrogens (tertiary/aromatic N) is 2. The highest BCUT2D eigenvalue weighted by Gasteiger charge is 2.22. The molecule has 1 fully saturated rings. The van der Waals surface area contributed by atoms with Crippen molar-refractivity contribution in [3.63, 3.8) is 0 Å². The van der Waals surface area contributed by atoms with E-state index in [4.69, 9.17) is 0 Å². The molecule has 1 saturated heterocycles. The van der Waals surface area contributed by atoms with Gasteiger partial charge in [-0.1, -0.05) is 18.2 Å². The number of thiazole rings is 1. The topological polar surface area (TPSA) is 62.3 Å². The summed E-state index contributed by atoms with van der Waals surface area (Å²) in [5.41, 5.74) is 0.977. The Balaban J connectivity index is 1.68. The van der Waals surface area contributed by atoms with E-state index in [2.05, 4.69) is 10.3 Å². The van der Waals surface area contributed by atoms with E-state index in [-0.39, 0.29) is 11.8 Å². The highest BCUT2D eigenvalue weighted by molar-refractivity contribution is 7.14. The molecule has 6 heteroatoms. The zero-order valence-corrected chi connectivity index (χ0v) is 12.2. The molecule has 0 saturated carbocycles. The summed E-state index contributed by atoms with van der Waals surface area (Å²) < 4.78 is 0. The summed E-state index contributed by atoms with van der Waals surface area (Å²) in [4.78, 5) is 30.2. The average Bonchev–Trinajstić information content (AvgIpc) is 3.19. The predicted octanol–water partition coefficient (Wildman–Crippen LogP) is 2.63. The molecule has 1 aromatic carbocycles. The van der Waals surface area contributed by atoms with Gasteiger partial charge in [-0.3, -0.25) is 14.9 Å². The molecule has 0 aliphatic carbocycles. The van der Waals surface area contributed by atoms with Gasteiger partial charge in [-0.2, -0.15) is 0 Å². The van der Waals surface area contributed by atoms with Crippen LogP contribution >= 0.6 is 11.3 Å². The number of benzene rings is 1. The fourth-order valence-electron chi connectivity index (χ4n) is 2.27. The molecule has 1 N–H and O–H groups in total. The van der Waals surface area contributed by atoms with Gasteiger partial charge in [0.15, 0.2) is 5.13 Å². The van der Waals surface area contributed by atoms with Gasteiger partial charge in [0.05, 0.1) is 0 Å². The molecule has 1 aliphatic rings. The van der Waals surface area contributed by atoms with Crippen LogP contribution in [0.15, 0.2) is 35.7 Å². The van der Waals surface area contributed by atoms with Crippen molar-refractivity contribution < 1.29 is 9.59 Å². The van der Waals surface area contributed by atoms with E-state index in [0.717, 1.165) is 25.9 Å². The lowest BCUT2D eigenvalue weighted by Gasteiger charge is -2.12. The average molecular weight is 301 g/mol. The molecule has 21 heavy (non-hydrogen) atoms. The van der Waals surface area contributed by atoms with Crippen LogP contribution in [0.25, 0.3) is 0 Å². The third-order valence-electron chi connectivity index (χ3n) is 3.37. The van der Waals surface area contributed by atoms with Crippen molar-refractivity contribution in [2.75, 3.05) is 18.4 Å². The summed E-state index contributed by atoms with van der Waals surface area (Å²) in [6, 6.07) is 8.93. The molecule has 0 radical (unpaired) electrons. The van der Waals surface area contributed by atoms with Gasteiger partial charge in [0, 0.05) is 24.0 Å². The lowest BCUT2D eigenvalue weighted by molar-refractivity contribution is 0.0787. The van der Waals surface area contributed by atoms with Gasteiger partial charge in [0.2, 0.25) is 0 Å². The number of hydrogen-bond donors (Lipinski definition) is 1. The Morgan fingerprint density at radius 2 is 1.86 bits per heavy atom. The van der Waals surface area contributed by atoms with Gasteiger partial charge in [0.25, 0.3) is 11.8 Å². The van der Waals surface area contributed by atoms with Crippen LogP contribution in [0, 0.1) is 0 Å². The van der Waals surface area contributed by atoms with Crippen LogP contribution in [0.5, 0.6) is 0 Å². The van der Waals surface area contributed by atoms with Crippen LogP contribution in [-0.2, 0) is 0 Å². The third-order valence-corrected chi connectivity index (χ3v) is 4.13. The molecule has 0 atom stereocenters. The standard InChI is InChI=1S/C15H15N3O2S/c19-13(11-6-2-1-3-7-11)17-15-16-12(10-21-15)14(20)18-8-4-5-9-18/h1-3,6-7,10H,4-5,8-9H2,(H,16,17,19). The van der Waals surface area contributed by atoms with Gasteiger partial charge in [-0.25, -0.2) is 4.98 Å². The van der Waals surface area contributed by atoms with E-state index in [1.807, 2.05) is 6.07 Å². The molecule has 1 aromatic heterocycles. The normalized spacial score (nSPS) is 14.2. The van der Waals surface area contributed by atoms with E-state index in [1.54, 1.807) is 34.5 Å². The molecular weight excluding hydrogens is 286 g/mol. The summed E-state index contributed by atoms with van der Waals surface area (Å²) in [5.74, 6) is -0.269. The number of likely N-dealkylation sites (tertiary alicyclic amines) is 1. The maximum absolute atomic E-state index is 12.2. The zero-order valence-electron chi connectivity index (χ0n) is 11.4. The molecule has 3 rings (SSSR count). The number of hydrogen-bond acceptors (Lipinski definition) is 4. The largest absolute Gasteiger partial charge is 0.337 e. The van der Waals surface area contributed by atoms with Crippen molar-refractivity contribution in [2.45, 2.75) is 12.8 Å². The monoisotopic (exact) mass is 301 g/mol. The van der Waals surface area contributed by atoms with Crippen molar-refractivity contribution in [3.8, 4) is 0 Å². The minimum atomic E-state index is -0.217. The van der Waals surface area contributed by atoms with Gasteiger partial charge in [0.1, 0.15) is 5.69 Å². The summed E-state index contributed by atoms with van der Waals surface area (Å²) in [7, 11) is 0. The van der Waals surface area contributed by atoms with Gasteiger partial charge in [-0.15, -0.1) is 11.3 Å². The van der Waals surface area contributed by atoms with E-state index in [1.165, 1.54) is 11.3 Å². The van der Waals surface area contributed by atoms with Crippen molar-refractivity contribution in [1.29, 1.82) is 0 Å². The molecule has 2 aromatic rings. The fraction of sp³-hybridized carbons (Fsp3) is 0.267. The van der Waals surface area contributed by atoms with Crippen molar-refractivity contribution >= 4 is 28.3 Å². The van der Waals surface area contributed by atoms with Crippen molar-refractivity contribution in [2.24, 2.45) is 0 Å². The third kappa shape index (κ3) is 3.11. The molecule has 108 valence electrons. The molecular formula is C15H15N3O2S. The van der Waals surface area contributed by atoms with Crippen LogP contribution < -0.4 is 5.32 Å². The molecule has 2 amide bonds. The van der Waals surface area contributed by atoms with Gasteiger partial charge < -0.3 is 4.90 Å². The number of carbonyl (C=O) groups is 2. The molecule has 0 unspecified atom stereocenters. The quantitative estimate of drug-likeness (QED) is 0.948. The van der Waals surface area contributed by atoms with Crippen LogP contribution in [0.4, 0.5) is 5.13 Å². The molecule has 1 aliphatic heterocycles. The van der Waals surface area contributed by atoms with Crippen molar-refractivity contribution in [3.05, 3.63) is 47.0 Å². The number of nitrogens with one attached hydrogen (secondary N) is 1.